The van der Waals surface area contributed by atoms with E-state index in [-0.39, 0.29) is 6.03 Å². The molecule has 1 unspecified atom stereocenters. The van der Waals surface area contributed by atoms with Gasteiger partial charge in [0.1, 0.15) is 5.75 Å². The second-order valence-electron chi connectivity index (χ2n) is 8.61. The van der Waals surface area contributed by atoms with Crippen LogP contribution < -0.4 is 15.0 Å². The van der Waals surface area contributed by atoms with Crippen molar-refractivity contribution < 1.29 is 14.1 Å². The zero-order chi connectivity index (χ0) is 24.5. The molecule has 4 aromatic rings. The van der Waals surface area contributed by atoms with E-state index in [0.717, 1.165) is 27.8 Å². The third kappa shape index (κ3) is 4.28. The van der Waals surface area contributed by atoms with E-state index in [0.29, 0.717) is 28.8 Å². The number of rotatable bonds is 5. The molecule has 7 heteroatoms. The van der Waals surface area contributed by atoms with Crippen LogP contribution >= 0.6 is 0 Å². The lowest BCUT2D eigenvalue weighted by atomic mass is 9.94. The predicted octanol–water partition coefficient (Wildman–Crippen LogP) is 6.06. The molecule has 5 rings (SSSR count). The maximum atomic E-state index is 13.3. The lowest BCUT2D eigenvalue weighted by Crippen LogP contribution is -2.46. The quantitative estimate of drug-likeness (QED) is 0.386. The Hall–Kier alpha value is -4.39. The Morgan fingerprint density at radius 1 is 0.886 bits per heavy atom. The fourth-order valence-electron chi connectivity index (χ4n) is 4.22. The number of carbonyl (C=O) groups excluding carboxylic acids is 1. The molecule has 1 aliphatic heterocycles. The Morgan fingerprint density at radius 3 is 2.14 bits per heavy atom. The van der Waals surface area contributed by atoms with E-state index < -0.39 is 6.04 Å². The van der Waals surface area contributed by atoms with Crippen molar-refractivity contribution in [1.29, 1.82) is 0 Å². The van der Waals surface area contributed by atoms with Gasteiger partial charge in [0.15, 0.2) is 0 Å². The number of ether oxygens (including phenoxy) is 1. The van der Waals surface area contributed by atoms with E-state index in [9.17, 15) is 4.79 Å². The molecule has 0 fully saturated rings. The number of anilines is 1. The molecule has 1 aromatic heterocycles. The molecule has 35 heavy (non-hydrogen) atoms. The fourth-order valence-corrected chi connectivity index (χ4v) is 4.22. The van der Waals surface area contributed by atoms with E-state index >= 15 is 0 Å². The van der Waals surface area contributed by atoms with E-state index in [1.807, 2.05) is 93.6 Å². The van der Waals surface area contributed by atoms with Gasteiger partial charge in [0, 0.05) is 11.3 Å². The summed E-state index contributed by atoms with van der Waals surface area (Å²) >= 11 is 0. The van der Waals surface area contributed by atoms with Crippen LogP contribution in [-0.2, 0) is 0 Å². The molecular formula is C28H26N4O3. The molecule has 0 bridgehead atoms. The van der Waals surface area contributed by atoms with Crippen LogP contribution in [0.3, 0.4) is 0 Å². The summed E-state index contributed by atoms with van der Waals surface area (Å²) in [5, 5.41) is 7.37. The zero-order valence-electron chi connectivity index (χ0n) is 20.1. The van der Waals surface area contributed by atoms with Crippen molar-refractivity contribution in [3.05, 3.63) is 101 Å². The number of hydrogen-bond acceptors (Lipinski definition) is 5. The van der Waals surface area contributed by atoms with Gasteiger partial charge in [-0.05, 0) is 50.6 Å². The number of aromatic nitrogens is 2. The molecule has 0 radical (unpaired) electrons. The van der Waals surface area contributed by atoms with Crippen molar-refractivity contribution in [1.82, 2.24) is 15.5 Å². The Labute approximate surface area is 204 Å². The molecule has 2 heterocycles. The number of nitrogens with one attached hydrogen (secondary N) is 1. The first-order valence-corrected chi connectivity index (χ1v) is 11.4. The van der Waals surface area contributed by atoms with E-state index in [4.69, 9.17) is 14.2 Å². The molecule has 0 aliphatic carbocycles. The second kappa shape index (κ2) is 9.10. The minimum Gasteiger partial charge on any atom is -0.497 e. The monoisotopic (exact) mass is 466 g/mol. The molecule has 0 saturated heterocycles. The first-order valence-electron chi connectivity index (χ1n) is 11.4. The Morgan fingerprint density at radius 2 is 1.51 bits per heavy atom. The van der Waals surface area contributed by atoms with Gasteiger partial charge in [-0.3, -0.25) is 4.90 Å². The average Bonchev–Trinajstić information content (AvgIpc) is 3.35. The summed E-state index contributed by atoms with van der Waals surface area (Å²) in [5.74, 6) is 1.57. The number of urea groups is 1. The van der Waals surface area contributed by atoms with Gasteiger partial charge in [-0.15, -0.1) is 0 Å². The molecule has 1 N–H and O–H groups in total. The maximum absolute atomic E-state index is 13.3. The van der Waals surface area contributed by atoms with Gasteiger partial charge in [-0.25, -0.2) is 4.79 Å². The SMILES string of the molecule is COc1ccc(N2C(=O)NC(c3ccc(C)cc3)C(c3nc(-c4ccc(C)cc4)no3)=C2C)cc1. The highest BCUT2D eigenvalue weighted by Crippen LogP contribution is 2.39. The fraction of sp³-hybridized carbons (Fsp3) is 0.179. The van der Waals surface area contributed by atoms with Crippen molar-refractivity contribution >= 4 is 17.3 Å². The first kappa shape index (κ1) is 22.4. The number of hydrogen-bond donors (Lipinski definition) is 1. The Kier molecular flexibility index (Phi) is 5.82. The van der Waals surface area contributed by atoms with Crippen LogP contribution in [0.5, 0.6) is 5.75 Å². The number of methoxy groups -OCH3 is 1. The van der Waals surface area contributed by atoms with Crippen LogP contribution in [0.1, 0.15) is 35.5 Å². The summed E-state index contributed by atoms with van der Waals surface area (Å²) in [6.07, 6.45) is 0. The van der Waals surface area contributed by atoms with Crippen LogP contribution in [0.25, 0.3) is 17.0 Å². The third-order valence-corrected chi connectivity index (χ3v) is 6.19. The standard InChI is InChI=1S/C28H26N4O3/c1-17-5-9-20(10-6-17)25-24(27-30-26(31-35-27)21-11-7-18(2)8-12-21)19(3)32(28(33)29-25)22-13-15-23(34-4)16-14-22/h5-16,25H,1-4H3,(H,29,33). The van der Waals surface area contributed by atoms with E-state index in [1.54, 1.807) is 12.0 Å². The summed E-state index contributed by atoms with van der Waals surface area (Å²) in [5.41, 5.74) is 6.25. The highest BCUT2D eigenvalue weighted by molar-refractivity contribution is 6.01. The van der Waals surface area contributed by atoms with E-state index in [1.165, 1.54) is 0 Å². The van der Waals surface area contributed by atoms with Crippen LogP contribution in [-0.4, -0.2) is 23.3 Å². The van der Waals surface area contributed by atoms with Crippen molar-refractivity contribution in [3.8, 4) is 17.1 Å². The molecule has 2 amide bonds. The number of nitrogens with zero attached hydrogens (tertiary/aromatic N) is 3. The van der Waals surface area contributed by atoms with Crippen molar-refractivity contribution in [2.24, 2.45) is 0 Å². The second-order valence-corrected chi connectivity index (χ2v) is 8.61. The van der Waals surface area contributed by atoms with Crippen molar-refractivity contribution in [3.63, 3.8) is 0 Å². The van der Waals surface area contributed by atoms with E-state index in [2.05, 4.69) is 10.5 Å². The minimum absolute atomic E-state index is 0.236. The number of allylic oxidation sites excluding steroid dienone is 1. The zero-order valence-corrected chi connectivity index (χ0v) is 20.1. The van der Waals surface area contributed by atoms with Gasteiger partial charge in [0.25, 0.3) is 5.89 Å². The third-order valence-electron chi connectivity index (χ3n) is 6.19. The average molecular weight is 467 g/mol. The number of carbonyl (C=O) groups is 1. The summed E-state index contributed by atoms with van der Waals surface area (Å²) in [6.45, 7) is 5.96. The number of benzene rings is 3. The van der Waals surface area contributed by atoms with Gasteiger partial charge in [0.05, 0.1) is 24.4 Å². The molecular weight excluding hydrogens is 440 g/mol. The molecule has 176 valence electrons. The number of amides is 2. The van der Waals surface area contributed by atoms with Crippen LogP contribution in [0.4, 0.5) is 10.5 Å². The molecule has 1 aliphatic rings. The van der Waals surface area contributed by atoms with Gasteiger partial charge in [-0.2, -0.15) is 4.98 Å². The normalized spacial score (nSPS) is 15.8. The van der Waals surface area contributed by atoms with Crippen molar-refractivity contribution in [2.45, 2.75) is 26.8 Å². The van der Waals surface area contributed by atoms with Gasteiger partial charge < -0.3 is 14.6 Å². The summed E-state index contributed by atoms with van der Waals surface area (Å²) in [7, 11) is 1.61. The molecule has 1 atom stereocenters. The lowest BCUT2D eigenvalue weighted by molar-refractivity contribution is 0.244. The summed E-state index contributed by atoms with van der Waals surface area (Å²) < 4.78 is 11.0. The molecule has 0 spiro atoms. The number of aryl methyl sites for hydroxylation is 2. The van der Waals surface area contributed by atoms with Crippen molar-refractivity contribution in [2.75, 3.05) is 12.0 Å². The minimum atomic E-state index is -0.441. The first-order chi connectivity index (χ1) is 16.9. The summed E-state index contributed by atoms with van der Waals surface area (Å²) in [6, 6.07) is 22.7. The smallest absolute Gasteiger partial charge is 0.326 e. The Bertz CT molecular complexity index is 1390. The highest BCUT2D eigenvalue weighted by Gasteiger charge is 2.36. The molecule has 3 aromatic carbocycles. The molecule has 7 nitrogen and oxygen atoms in total. The van der Waals surface area contributed by atoms with Gasteiger partial charge >= 0.3 is 6.03 Å². The lowest BCUT2D eigenvalue weighted by Gasteiger charge is -2.35. The van der Waals surface area contributed by atoms with Gasteiger partial charge in [-0.1, -0.05) is 64.8 Å². The highest BCUT2D eigenvalue weighted by atomic mass is 16.5. The molecule has 0 saturated carbocycles. The maximum Gasteiger partial charge on any atom is 0.326 e. The van der Waals surface area contributed by atoms with Gasteiger partial charge in [0.2, 0.25) is 5.82 Å². The largest absolute Gasteiger partial charge is 0.497 e. The van der Waals surface area contributed by atoms with Crippen LogP contribution in [0.15, 0.2) is 83.0 Å². The van der Waals surface area contributed by atoms with Crippen LogP contribution in [0.2, 0.25) is 0 Å². The Balaban J connectivity index is 1.63. The van der Waals surface area contributed by atoms with Crippen LogP contribution in [0, 0.1) is 13.8 Å². The topological polar surface area (TPSA) is 80.5 Å². The summed E-state index contributed by atoms with van der Waals surface area (Å²) in [4.78, 5) is 19.7. The predicted molar refractivity (Wildman–Crippen MR) is 135 cm³/mol.